The van der Waals surface area contributed by atoms with E-state index in [1.165, 1.54) is 0 Å². The Labute approximate surface area is 88.6 Å². The third-order valence-electron chi connectivity index (χ3n) is 1.62. The number of nitrogens with two attached hydrogens (primary N) is 1. The summed E-state index contributed by atoms with van der Waals surface area (Å²) >= 11 is 5.51. The lowest BCUT2D eigenvalue weighted by atomic mass is 10.6. The van der Waals surface area contributed by atoms with Crippen LogP contribution in [0, 0.1) is 0 Å². The van der Waals surface area contributed by atoms with Crippen LogP contribution in [-0.4, -0.2) is 26.8 Å². The lowest BCUT2D eigenvalue weighted by Crippen LogP contribution is -2.31. The largest absolute Gasteiger partial charge is 0.368 e. The number of carbonyl (C=O) groups excluding carboxylic acids is 2. The molecule has 0 aromatic carbocycles. The van der Waals surface area contributed by atoms with Crippen molar-refractivity contribution in [2.45, 2.75) is 0 Å². The van der Waals surface area contributed by atoms with E-state index in [-0.39, 0.29) is 17.2 Å². The normalized spacial score (nSPS) is 15.1. The van der Waals surface area contributed by atoms with Crippen molar-refractivity contribution >= 4 is 35.3 Å². The van der Waals surface area contributed by atoms with Crippen LogP contribution in [0.4, 0.5) is 11.9 Å². The maximum absolute atomic E-state index is 11.2. The van der Waals surface area contributed by atoms with Crippen molar-refractivity contribution in [3.8, 4) is 0 Å². The Morgan fingerprint density at radius 1 is 1.13 bits per heavy atom. The van der Waals surface area contributed by atoms with Gasteiger partial charge in [0, 0.05) is 12.2 Å². The molecule has 2 heterocycles. The van der Waals surface area contributed by atoms with Gasteiger partial charge in [0.2, 0.25) is 17.2 Å². The van der Waals surface area contributed by atoms with Gasteiger partial charge in [-0.2, -0.15) is 15.0 Å². The second-order valence-electron chi connectivity index (χ2n) is 2.61. The molecule has 15 heavy (non-hydrogen) atoms. The molecule has 0 fully saturated rings. The SMILES string of the molecule is Nc1nc(Cl)nc(N2C(=O)C=CC2=O)n1. The molecule has 2 rings (SSSR count). The Hall–Kier alpha value is -2.02. The molecule has 0 saturated carbocycles. The predicted molar refractivity (Wildman–Crippen MR) is 50.9 cm³/mol. The molecule has 0 atom stereocenters. The molecular formula is C7H4ClN5O2. The van der Waals surface area contributed by atoms with Gasteiger partial charge in [-0.05, 0) is 11.6 Å². The van der Waals surface area contributed by atoms with Crippen molar-refractivity contribution in [1.82, 2.24) is 15.0 Å². The number of nitrogen functional groups attached to an aromatic ring is 1. The van der Waals surface area contributed by atoms with Gasteiger partial charge >= 0.3 is 0 Å². The van der Waals surface area contributed by atoms with E-state index in [0.29, 0.717) is 0 Å². The summed E-state index contributed by atoms with van der Waals surface area (Å²) in [7, 11) is 0. The number of amides is 2. The van der Waals surface area contributed by atoms with Gasteiger partial charge < -0.3 is 5.73 Å². The standard InChI is InChI=1S/C7H4ClN5O2/c8-5-10-6(9)12-7(11-5)13-3(14)1-2-4(13)15/h1-2H,(H2,9,10,11,12). The minimum atomic E-state index is -0.540. The number of rotatable bonds is 1. The lowest BCUT2D eigenvalue weighted by Gasteiger charge is -2.10. The van der Waals surface area contributed by atoms with Crippen LogP contribution < -0.4 is 10.6 Å². The van der Waals surface area contributed by atoms with Gasteiger partial charge in [-0.15, -0.1) is 0 Å². The van der Waals surface area contributed by atoms with Crippen LogP contribution in [0.1, 0.15) is 0 Å². The number of hydrogen-bond donors (Lipinski definition) is 1. The summed E-state index contributed by atoms with van der Waals surface area (Å²) in [6.07, 6.45) is 2.21. The van der Waals surface area contributed by atoms with Crippen LogP contribution in [0.25, 0.3) is 0 Å². The lowest BCUT2D eigenvalue weighted by molar-refractivity contribution is -0.120. The summed E-state index contributed by atoms with van der Waals surface area (Å²) in [6, 6.07) is 0. The van der Waals surface area contributed by atoms with E-state index >= 15 is 0 Å². The highest BCUT2D eigenvalue weighted by atomic mass is 35.5. The van der Waals surface area contributed by atoms with Crippen molar-refractivity contribution in [3.05, 3.63) is 17.4 Å². The summed E-state index contributed by atoms with van der Waals surface area (Å²) in [5.74, 6) is -1.41. The number of carbonyl (C=O) groups is 2. The fourth-order valence-corrected chi connectivity index (χ4v) is 1.21. The number of hydrogen-bond acceptors (Lipinski definition) is 6. The maximum atomic E-state index is 11.2. The Morgan fingerprint density at radius 3 is 2.27 bits per heavy atom. The number of imide groups is 1. The van der Waals surface area contributed by atoms with Gasteiger partial charge in [0.25, 0.3) is 11.8 Å². The van der Waals surface area contributed by atoms with Crippen molar-refractivity contribution in [3.63, 3.8) is 0 Å². The van der Waals surface area contributed by atoms with Crippen molar-refractivity contribution < 1.29 is 9.59 Å². The third-order valence-corrected chi connectivity index (χ3v) is 1.79. The molecule has 0 radical (unpaired) electrons. The first-order chi connectivity index (χ1) is 7.08. The molecule has 0 saturated heterocycles. The Bertz CT molecular complexity index is 448. The maximum Gasteiger partial charge on any atom is 0.260 e. The van der Waals surface area contributed by atoms with E-state index in [0.717, 1.165) is 17.1 Å². The minimum Gasteiger partial charge on any atom is -0.368 e. The Kier molecular flexibility index (Phi) is 2.09. The molecule has 0 unspecified atom stereocenters. The van der Waals surface area contributed by atoms with Crippen LogP contribution in [0.3, 0.4) is 0 Å². The topological polar surface area (TPSA) is 102 Å². The molecule has 1 aliphatic rings. The molecule has 76 valence electrons. The van der Waals surface area contributed by atoms with E-state index in [4.69, 9.17) is 17.3 Å². The Morgan fingerprint density at radius 2 is 1.73 bits per heavy atom. The molecule has 1 aliphatic heterocycles. The average molecular weight is 226 g/mol. The zero-order chi connectivity index (χ0) is 11.0. The van der Waals surface area contributed by atoms with Crippen molar-refractivity contribution in [2.24, 2.45) is 0 Å². The number of aromatic nitrogens is 3. The van der Waals surface area contributed by atoms with E-state index < -0.39 is 11.8 Å². The number of halogens is 1. The van der Waals surface area contributed by atoms with Crippen molar-refractivity contribution in [1.29, 1.82) is 0 Å². The molecule has 0 bridgehead atoms. The highest BCUT2D eigenvalue weighted by molar-refractivity contribution is 6.29. The fraction of sp³-hybridized carbons (Fsp3) is 0. The first-order valence-electron chi connectivity index (χ1n) is 3.81. The molecule has 1 aromatic rings. The van der Waals surface area contributed by atoms with Crippen LogP contribution in [0.5, 0.6) is 0 Å². The highest BCUT2D eigenvalue weighted by Gasteiger charge is 2.28. The molecule has 0 aliphatic carbocycles. The molecule has 0 spiro atoms. The van der Waals surface area contributed by atoms with Crippen LogP contribution in [-0.2, 0) is 9.59 Å². The van der Waals surface area contributed by atoms with E-state index in [1.807, 2.05) is 0 Å². The average Bonchev–Trinajstić information content (AvgIpc) is 2.44. The second-order valence-corrected chi connectivity index (χ2v) is 2.95. The molecule has 8 heteroatoms. The van der Waals surface area contributed by atoms with Gasteiger partial charge in [-0.1, -0.05) is 0 Å². The fourth-order valence-electron chi connectivity index (χ4n) is 1.05. The van der Waals surface area contributed by atoms with Crippen LogP contribution >= 0.6 is 11.6 Å². The minimum absolute atomic E-state index is 0.155. The summed E-state index contributed by atoms with van der Waals surface area (Å²) in [6.45, 7) is 0. The summed E-state index contributed by atoms with van der Waals surface area (Å²) in [5.41, 5.74) is 5.30. The van der Waals surface area contributed by atoms with Gasteiger partial charge in [-0.25, -0.2) is 4.90 Å². The predicted octanol–water partition coefficient (Wildman–Crippen LogP) is -0.463. The molecule has 2 amide bonds. The highest BCUT2D eigenvalue weighted by Crippen LogP contribution is 2.16. The monoisotopic (exact) mass is 225 g/mol. The zero-order valence-electron chi connectivity index (χ0n) is 7.22. The van der Waals surface area contributed by atoms with E-state index in [2.05, 4.69) is 15.0 Å². The third kappa shape index (κ3) is 1.64. The first kappa shape index (κ1) is 9.53. The van der Waals surface area contributed by atoms with Crippen LogP contribution in [0.15, 0.2) is 12.2 Å². The smallest absolute Gasteiger partial charge is 0.260 e. The number of nitrogens with zero attached hydrogens (tertiary/aromatic N) is 4. The number of anilines is 2. The summed E-state index contributed by atoms with van der Waals surface area (Å²) in [5, 5.41) is -0.176. The molecule has 2 N–H and O–H groups in total. The Balaban J connectivity index is 2.46. The van der Waals surface area contributed by atoms with Gasteiger partial charge in [0.15, 0.2) is 0 Å². The summed E-state index contributed by atoms with van der Waals surface area (Å²) < 4.78 is 0. The quantitative estimate of drug-likeness (QED) is 0.649. The van der Waals surface area contributed by atoms with E-state index in [9.17, 15) is 9.59 Å². The zero-order valence-corrected chi connectivity index (χ0v) is 7.97. The van der Waals surface area contributed by atoms with Gasteiger partial charge in [-0.3, -0.25) is 9.59 Å². The first-order valence-corrected chi connectivity index (χ1v) is 4.19. The summed E-state index contributed by atoms with van der Waals surface area (Å²) in [4.78, 5) is 34.0. The van der Waals surface area contributed by atoms with E-state index in [1.54, 1.807) is 0 Å². The van der Waals surface area contributed by atoms with Crippen LogP contribution in [0.2, 0.25) is 5.28 Å². The molecule has 1 aromatic heterocycles. The van der Waals surface area contributed by atoms with Crippen molar-refractivity contribution in [2.75, 3.05) is 10.6 Å². The second kappa shape index (κ2) is 3.28. The molecular weight excluding hydrogens is 222 g/mol. The van der Waals surface area contributed by atoms with Gasteiger partial charge in [0.05, 0.1) is 0 Å². The molecule has 7 nitrogen and oxygen atoms in total. The van der Waals surface area contributed by atoms with Gasteiger partial charge in [0.1, 0.15) is 0 Å².